The van der Waals surface area contributed by atoms with Gasteiger partial charge in [0, 0.05) is 42.2 Å². The van der Waals surface area contributed by atoms with E-state index in [2.05, 4.69) is 30.8 Å². The Morgan fingerprint density at radius 3 is 2.24 bits per heavy atom. The van der Waals surface area contributed by atoms with Crippen LogP contribution in [0.3, 0.4) is 0 Å². The number of aromatic nitrogens is 2. The number of hydrogen-bond acceptors (Lipinski definition) is 9. The number of anilines is 1. The highest BCUT2D eigenvalue weighted by molar-refractivity contribution is 6.01. The van der Waals surface area contributed by atoms with E-state index in [0.29, 0.717) is 61.7 Å². The van der Waals surface area contributed by atoms with Crippen LogP contribution in [-0.2, 0) is 27.3 Å². The number of ketones is 1. The van der Waals surface area contributed by atoms with E-state index in [-0.39, 0.29) is 29.9 Å². The average molecular weight is 746 g/mol. The molecule has 1 aliphatic carbocycles. The smallest absolute Gasteiger partial charge is 0.407 e. The third kappa shape index (κ3) is 10.8. The van der Waals surface area contributed by atoms with E-state index in [1.807, 2.05) is 75.4 Å². The fourth-order valence-electron chi connectivity index (χ4n) is 6.94. The summed E-state index contributed by atoms with van der Waals surface area (Å²) >= 11 is 0. The molecule has 0 radical (unpaired) electrons. The molecule has 6 rings (SSSR count). The largest absolute Gasteiger partial charge is 0.444 e. The van der Waals surface area contributed by atoms with E-state index < -0.39 is 28.9 Å². The molecule has 0 bridgehead atoms. The molecule has 3 aromatic carbocycles. The van der Waals surface area contributed by atoms with E-state index in [0.717, 1.165) is 29.5 Å². The number of rotatable bonds is 13. The molecule has 0 saturated heterocycles. The zero-order valence-corrected chi connectivity index (χ0v) is 31.4. The molecule has 1 saturated carbocycles. The quantitative estimate of drug-likeness (QED) is 0.141. The fourth-order valence-corrected chi connectivity index (χ4v) is 6.94. The summed E-state index contributed by atoms with van der Waals surface area (Å²) in [5.41, 5.74) is 2.52. The van der Waals surface area contributed by atoms with Crippen molar-refractivity contribution in [3.63, 3.8) is 0 Å². The van der Waals surface area contributed by atoms with E-state index in [1.54, 1.807) is 30.5 Å². The SMILES string of the molecule is CC(C)(C)OC(=O)NCC1CCC(C(=O)C[C@@H](Cc2ccc(-c3cn(Cc4ccccc4)c(=O)[nH]c3=O)cc2)C(=O)Nc2ccc(C3=NCN=N3)cc2)CC1. The first-order chi connectivity index (χ1) is 26.4. The number of H-pyrrole nitrogens is 1. The number of aromatic amines is 1. The van der Waals surface area contributed by atoms with E-state index in [4.69, 9.17) is 4.74 Å². The lowest BCUT2D eigenvalue weighted by Crippen LogP contribution is -2.37. The summed E-state index contributed by atoms with van der Waals surface area (Å²) in [5, 5.41) is 13.8. The molecule has 55 heavy (non-hydrogen) atoms. The third-order valence-corrected chi connectivity index (χ3v) is 9.87. The number of azo groups is 1. The van der Waals surface area contributed by atoms with Gasteiger partial charge in [-0.25, -0.2) is 14.6 Å². The summed E-state index contributed by atoms with van der Waals surface area (Å²) < 4.78 is 6.82. The van der Waals surface area contributed by atoms with Crippen LogP contribution < -0.4 is 21.9 Å². The number of amidine groups is 1. The first kappa shape index (κ1) is 38.7. The number of amides is 2. The van der Waals surface area contributed by atoms with Gasteiger partial charge in [-0.05, 0) is 99.7 Å². The molecule has 0 spiro atoms. The minimum atomic E-state index is -0.659. The molecule has 1 aromatic heterocycles. The number of aliphatic imine (C=N–C) groups is 1. The van der Waals surface area contributed by atoms with Gasteiger partial charge in [0.25, 0.3) is 5.56 Å². The maximum absolute atomic E-state index is 13.9. The molecule has 1 atom stereocenters. The number of hydrogen-bond donors (Lipinski definition) is 3. The van der Waals surface area contributed by atoms with Crippen LogP contribution in [-0.4, -0.2) is 52.0 Å². The van der Waals surface area contributed by atoms with Crippen LogP contribution in [0.25, 0.3) is 11.1 Å². The Morgan fingerprint density at radius 1 is 0.891 bits per heavy atom. The lowest BCUT2D eigenvalue weighted by Gasteiger charge is -2.29. The molecule has 2 heterocycles. The average Bonchev–Trinajstić information content (AvgIpc) is 3.71. The summed E-state index contributed by atoms with van der Waals surface area (Å²) in [6, 6.07) is 24.0. The van der Waals surface area contributed by atoms with Gasteiger partial charge in [-0.2, -0.15) is 5.11 Å². The standard InChI is InChI=1S/C42H47N7O6/c1-42(2,3)55-41(54)43-23-28-11-15-31(16-12-28)36(50)22-33(38(51)46-34-19-17-32(18-20-34)37-44-26-45-48-37)21-27-9-13-30(14-10-27)35-25-49(40(53)47-39(35)52)24-29-7-5-4-6-8-29/h4-10,13-14,17-20,25,28,31,33H,11-12,15-16,21-24,26H2,1-3H3,(H,43,54)(H,46,51)(H,47,52,53)/t28?,31?,33-/m1/s1. The summed E-state index contributed by atoms with van der Waals surface area (Å²) in [6.45, 7) is 6.56. The highest BCUT2D eigenvalue weighted by Gasteiger charge is 2.31. The van der Waals surface area contributed by atoms with Crippen LogP contribution in [0.2, 0.25) is 0 Å². The number of alkyl carbamates (subject to hydrolysis) is 1. The normalized spacial score (nSPS) is 17.3. The van der Waals surface area contributed by atoms with Gasteiger partial charge in [0.05, 0.1) is 12.1 Å². The Morgan fingerprint density at radius 2 is 1.58 bits per heavy atom. The van der Waals surface area contributed by atoms with Crippen LogP contribution in [0, 0.1) is 17.8 Å². The van der Waals surface area contributed by atoms with E-state index in [9.17, 15) is 24.0 Å². The maximum Gasteiger partial charge on any atom is 0.407 e. The van der Waals surface area contributed by atoms with Crippen molar-refractivity contribution >= 4 is 29.3 Å². The number of benzene rings is 3. The molecule has 13 nitrogen and oxygen atoms in total. The molecule has 286 valence electrons. The second-order valence-corrected chi connectivity index (χ2v) is 15.2. The van der Waals surface area contributed by atoms with Crippen LogP contribution in [0.1, 0.15) is 69.6 Å². The number of ether oxygens (including phenoxy) is 1. The van der Waals surface area contributed by atoms with Gasteiger partial charge in [-0.15, -0.1) is 5.11 Å². The van der Waals surface area contributed by atoms with Gasteiger partial charge < -0.3 is 15.4 Å². The Hall–Kier alpha value is -5.98. The summed E-state index contributed by atoms with van der Waals surface area (Å²) in [6.07, 6.45) is 4.44. The van der Waals surface area contributed by atoms with Crippen LogP contribution in [0.4, 0.5) is 10.5 Å². The number of carbonyl (C=O) groups excluding carboxylic acids is 3. The molecule has 0 unspecified atom stereocenters. The number of carbonyl (C=O) groups is 3. The molecule has 1 aliphatic heterocycles. The van der Waals surface area contributed by atoms with E-state index >= 15 is 0 Å². The van der Waals surface area contributed by atoms with Gasteiger partial charge in [-0.1, -0.05) is 54.6 Å². The topological polar surface area (TPSA) is 176 Å². The molecule has 1 fully saturated rings. The lowest BCUT2D eigenvalue weighted by atomic mass is 9.77. The predicted octanol–water partition coefficient (Wildman–Crippen LogP) is 6.51. The van der Waals surface area contributed by atoms with Crippen molar-refractivity contribution < 1.29 is 19.1 Å². The van der Waals surface area contributed by atoms with Crippen molar-refractivity contribution in [2.75, 3.05) is 18.5 Å². The molecular weight excluding hydrogens is 699 g/mol. The number of Topliss-reactive ketones (excluding diaryl/α,β-unsaturated/α-hetero) is 1. The molecule has 2 amide bonds. The summed E-state index contributed by atoms with van der Waals surface area (Å²) in [4.78, 5) is 71.9. The van der Waals surface area contributed by atoms with E-state index in [1.165, 1.54) is 4.57 Å². The van der Waals surface area contributed by atoms with Gasteiger partial charge in [0.1, 0.15) is 11.4 Å². The fraction of sp³-hybridized carbons (Fsp3) is 0.381. The van der Waals surface area contributed by atoms with Crippen molar-refractivity contribution in [2.24, 2.45) is 33.0 Å². The molecule has 2 aliphatic rings. The Bertz CT molecular complexity index is 2160. The van der Waals surface area contributed by atoms with Crippen molar-refractivity contribution in [1.29, 1.82) is 0 Å². The van der Waals surface area contributed by atoms with Crippen molar-refractivity contribution in [3.05, 3.63) is 123 Å². The summed E-state index contributed by atoms with van der Waals surface area (Å²) in [7, 11) is 0. The molecule has 13 heteroatoms. The highest BCUT2D eigenvalue weighted by Crippen LogP contribution is 2.31. The predicted molar refractivity (Wildman–Crippen MR) is 210 cm³/mol. The van der Waals surface area contributed by atoms with Crippen molar-refractivity contribution in [2.45, 2.75) is 71.4 Å². The van der Waals surface area contributed by atoms with Crippen LogP contribution in [0.15, 0.2) is 110 Å². The first-order valence-corrected chi connectivity index (χ1v) is 18.7. The zero-order valence-electron chi connectivity index (χ0n) is 31.4. The van der Waals surface area contributed by atoms with Crippen LogP contribution >= 0.6 is 0 Å². The van der Waals surface area contributed by atoms with Crippen molar-refractivity contribution in [3.8, 4) is 11.1 Å². The first-order valence-electron chi connectivity index (χ1n) is 18.7. The van der Waals surface area contributed by atoms with Gasteiger partial charge in [0.15, 0.2) is 12.5 Å². The Labute approximate surface area is 319 Å². The summed E-state index contributed by atoms with van der Waals surface area (Å²) in [5.74, 6) is -0.274. The molecular formula is C42H47N7O6. The minimum Gasteiger partial charge on any atom is -0.444 e. The Balaban J connectivity index is 1.14. The number of nitrogens with zero attached hydrogens (tertiary/aromatic N) is 4. The second kappa shape index (κ2) is 17.4. The van der Waals surface area contributed by atoms with Gasteiger partial charge in [-0.3, -0.25) is 23.9 Å². The number of nitrogens with one attached hydrogen (secondary N) is 3. The van der Waals surface area contributed by atoms with Crippen LogP contribution in [0.5, 0.6) is 0 Å². The monoisotopic (exact) mass is 745 g/mol. The lowest BCUT2D eigenvalue weighted by molar-refractivity contribution is -0.129. The maximum atomic E-state index is 13.9. The van der Waals surface area contributed by atoms with Gasteiger partial charge >= 0.3 is 11.8 Å². The zero-order chi connectivity index (χ0) is 39.0. The van der Waals surface area contributed by atoms with Gasteiger partial charge in [0.2, 0.25) is 5.91 Å². The minimum absolute atomic E-state index is 0.0440. The Kier molecular flexibility index (Phi) is 12.3. The second-order valence-electron chi connectivity index (χ2n) is 15.2. The highest BCUT2D eigenvalue weighted by atomic mass is 16.6. The third-order valence-electron chi connectivity index (χ3n) is 9.87. The molecule has 4 aromatic rings. The van der Waals surface area contributed by atoms with Crippen molar-refractivity contribution in [1.82, 2.24) is 14.9 Å². The molecule has 3 N–H and O–H groups in total.